The Morgan fingerprint density at radius 3 is 2.45 bits per heavy atom. The van der Waals surface area contributed by atoms with Gasteiger partial charge < -0.3 is 34.5 Å². The molecule has 1 aliphatic rings. The van der Waals surface area contributed by atoms with Gasteiger partial charge in [0.25, 0.3) is 5.85 Å². The van der Waals surface area contributed by atoms with Crippen LogP contribution in [0.25, 0.3) is 0 Å². The number of phosphoric ester groups is 1. The third kappa shape index (κ3) is 6.66. The van der Waals surface area contributed by atoms with Crippen LogP contribution < -0.4 is 5.69 Å². The number of aromatic amines is 1. The van der Waals surface area contributed by atoms with Gasteiger partial charge in [-0.3, -0.25) is 14.1 Å². The van der Waals surface area contributed by atoms with Gasteiger partial charge in [-0.25, -0.2) is 22.9 Å². The fourth-order valence-electron chi connectivity index (χ4n) is 2.03. The first-order chi connectivity index (χ1) is 15.0. The van der Waals surface area contributed by atoms with Crippen molar-refractivity contribution in [3.8, 4) is 0 Å². The molecule has 0 radical (unpaired) electrons. The van der Waals surface area contributed by atoms with Crippen molar-refractivity contribution >= 4 is 35.7 Å². The summed E-state index contributed by atoms with van der Waals surface area (Å²) < 4.78 is 87.6. The summed E-state index contributed by atoms with van der Waals surface area (Å²) in [5.74, 6) is -4.44. The molecule has 0 aromatic carbocycles. The van der Waals surface area contributed by atoms with E-state index in [1.54, 1.807) is 0 Å². The lowest BCUT2D eigenvalue weighted by Gasteiger charge is -2.24. The number of H-pyrrole nitrogens is 1. The zero-order chi connectivity index (χ0) is 26.7. The predicted octanol–water partition coefficient (Wildman–Crippen LogP) is -0.526. The molecule has 2 heterocycles. The third-order valence-electron chi connectivity index (χ3n) is 3.26. The summed E-state index contributed by atoms with van der Waals surface area (Å²) in [7, 11) is -18.3. The lowest BCUT2D eigenvalue weighted by Crippen LogP contribution is -2.43. The standard InChI is InChI=1S/C10H16FN2O14P3S/c1-4-2-13(9(16)12-7(4)31)8-5(14)6(15)10(11,25-8)3-24-29(20,21)27-30(22,23)26-28(17,18)19/h2,5-6,8,14-15H,3H2,1H3,(H,20,21)(H,22,23)(H,12,16,31)(H2,17,18,19)/t5-,6+,8-,10-/m1/s1/i3D2,8D. The number of aryl methyl sites for hydroxylation is 1. The molecule has 2 rings (SSSR count). The summed E-state index contributed by atoms with van der Waals surface area (Å²) in [6, 6.07) is 0. The fourth-order valence-corrected chi connectivity index (χ4v) is 5.05. The smallest absolute Gasteiger partial charge is 0.385 e. The van der Waals surface area contributed by atoms with E-state index >= 15 is 4.39 Å². The van der Waals surface area contributed by atoms with E-state index in [1.807, 2.05) is 4.98 Å². The number of hydrogen-bond acceptors (Lipinski definition) is 11. The number of nitrogens with zero attached hydrogens (tertiary/aromatic N) is 1. The average Bonchev–Trinajstić information content (AvgIpc) is 2.76. The Hall–Kier alpha value is -0.680. The minimum Gasteiger partial charge on any atom is -0.385 e. The lowest BCUT2D eigenvalue weighted by molar-refractivity contribution is -0.205. The fraction of sp³-hybridized carbons (Fsp3) is 0.600. The van der Waals surface area contributed by atoms with Crippen molar-refractivity contribution < 1.29 is 69.9 Å². The van der Waals surface area contributed by atoms with Gasteiger partial charge in [-0.15, -0.1) is 0 Å². The van der Waals surface area contributed by atoms with Crippen LogP contribution in [-0.2, 0) is 31.6 Å². The van der Waals surface area contributed by atoms with Crippen molar-refractivity contribution in [2.24, 2.45) is 0 Å². The first-order valence-corrected chi connectivity index (χ1v) is 12.3. The number of aliphatic hydroxyl groups excluding tert-OH is 2. The second kappa shape index (κ2) is 8.93. The molecule has 0 amide bonds. The van der Waals surface area contributed by atoms with Crippen molar-refractivity contribution in [1.29, 1.82) is 0 Å². The van der Waals surface area contributed by atoms with Gasteiger partial charge in [0, 0.05) is 11.8 Å². The van der Waals surface area contributed by atoms with Crippen LogP contribution in [0.5, 0.6) is 0 Å². The van der Waals surface area contributed by atoms with Crippen LogP contribution in [-0.4, -0.2) is 64.0 Å². The number of phosphoric acid groups is 3. The molecule has 178 valence electrons. The van der Waals surface area contributed by atoms with Gasteiger partial charge >= 0.3 is 29.2 Å². The minimum atomic E-state index is -6.32. The van der Waals surface area contributed by atoms with Crippen LogP contribution in [0.2, 0.25) is 0 Å². The molecule has 1 aromatic rings. The Bertz CT molecular complexity index is 1240. The number of hydrogen-bond donors (Lipinski definition) is 7. The van der Waals surface area contributed by atoms with E-state index < -0.39 is 60.0 Å². The minimum absolute atomic E-state index is 0.0825. The molecule has 1 saturated heterocycles. The molecule has 31 heavy (non-hydrogen) atoms. The van der Waals surface area contributed by atoms with Crippen LogP contribution >= 0.6 is 35.7 Å². The number of halogens is 1. The topological polar surface area (TPSA) is 247 Å². The highest BCUT2D eigenvalue weighted by Crippen LogP contribution is 2.66. The van der Waals surface area contributed by atoms with Gasteiger partial charge in [0.2, 0.25) is 0 Å². The van der Waals surface area contributed by atoms with E-state index in [-0.39, 0.29) is 14.8 Å². The number of rotatable bonds is 8. The summed E-state index contributed by atoms with van der Waals surface area (Å²) >= 11 is 4.79. The highest BCUT2D eigenvalue weighted by Gasteiger charge is 2.57. The summed E-state index contributed by atoms with van der Waals surface area (Å²) in [4.78, 5) is 49.7. The summed E-state index contributed by atoms with van der Waals surface area (Å²) in [5, 5.41) is 20.3. The molecule has 0 aliphatic carbocycles. The molecule has 21 heteroatoms. The van der Waals surface area contributed by atoms with E-state index in [2.05, 4.69) is 17.9 Å². The van der Waals surface area contributed by atoms with Crippen molar-refractivity contribution in [1.82, 2.24) is 9.55 Å². The first kappa shape index (κ1) is 22.1. The van der Waals surface area contributed by atoms with Crippen molar-refractivity contribution in [2.75, 3.05) is 6.56 Å². The molecule has 2 unspecified atom stereocenters. The Kier molecular flexibility index (Phi) is 6.37. The Morgan fingerprint density at radius 2 is 1.90 bits per heavy atom. The first-order valence-electron chi connectivity index (χ1n) is 8.89. The molecule has 1 aromatic heterocycles. The highest BCUT2D eigenvalue weighted by atomic mass is 32.1. The lowest BCUT2D eigenvalue weighted by atomic mass is 10.1. The maximum absolute atomic E-state index is 15.5. The van der Waals surface area contributed by atoms with E-state index in [4.69, 9.17) is 31.0 Å². The van der Waals surface area contributed by atoms with Crippen LogP contribution in [0, 0.1) is 11.6 Å². The Morgan fingerprint density at radius 1 is 1.32 bits per heavy atom. The summed E-state index contributed by atoms with van der Waals surface area (Å²) in [5.41, 5.74) is -1.20. The number of ether oxygens (including phenoxy) is 1. The second-order valence-corrected chi connectivity index (χ2v) is 10.5. The van der Waals surface area contributed by atoms with Crippen LogP contribution in [0.4, 0.5) is 4.39 Å². The summed E-state index contributed by atoms with van der Waals surface area (Å²) in [6.45, 7) is -3.10. The second-order valence-electron chi connectivity index (χ2n) is 5.70. The molecule has 6 atom stereocenters. The van der Waals surface area contributed by atoms with Crippen molar-refractivity contribution in [2.45, 2.75) is 31.2 Å². The van der Waals surface area contributed by atoms with Gasteiger partial charge in [-0.05, 0) is 6.92 Å². The molecule has 1 aliphatic heterocycles. The average molecular weight is 535 g/mol. The molecular formula is C10H16FN2O14P3S. The van der Waals surface area contributed by atoms with E-state index in [1.165, 1.54) is 6.92 Å². The Balaban J connectivity index is 2.44. The zero-order valence-electron chi connectivity index (χ0n) is 17.8. The van der Waals surface area contributed by atoms with E-state index in [9.17, 15) is 33.6 Å². The van der Waals surface area contributed by atoms with Gasteiger partial charge in [0.15, 0.2) is 6.20 Å². The molecule has 16 nitrogen and oxygen atoms in total. The van der Waals surface area contributed by atoms with Gasteiger partial charge in [-0.2, -0.15) is 8.62 Å². The van der Waals surface area contributed by atoms with E-state index in [0.717, 1.165) is 6.20 Å². The molecular weight excluding hydrogens is 516 g/mol. The molecule has 7 N–H and O–H groups in total. The number of aromatic nitrogens is 2. The SMILES string of the molecule is [2H]C([2H])(OP(=O)(O)OP(=O)(O)OP(=O)(O)O)[C@@]1(F)O[C@@]([2H])(n2cc(C)c(=S)[nH]c2=O)[C@H](O)[C@@H]1O. The molecule has 0 spiro atoms. The highest BCUT2D eigenvalue weighted by molar-refractivity contribution is 7.71. The quantitative estimate of drug-likeness (QED) is 0.163. The monoisotopic (exact) mass is 535 g/mol. The summed E-state index contributed by atoms with van der Waals surface area (Å²) in [6.07, 6.45) is -8.42. The predicted molar refractivity (Wildman–Crippen MR) is 96.4 cm³/mol. The largest absolute Gasteiger partial charge is 0.490 e. The molecule has 0 saturated carbocycles. The maximum Gasteiger partial charge on any atom is 0.490 e. The Labute approximate surface area is 180 Å². The molecule has 0 bridgehead atoms. The molecule has 1 fully saturated rings. The number of alkyl halides is 1. The number of aliphatic hydroxyl groups is 2. The van der Waals surface area contributed by atoms with Gasteiger partial charge in [0.1, 0.15) is 23.4 Å². The van der Waals surface area contributed by atoms with Crippen molar-refractivity contribution in [3.05, 3.63) is 26.9 Å². The van der Waals surface area contributed by atoms with E-state index in [0.29, 0.717) is 0 Å². The van der Waals surface area contributed by atoms with Crippen molar-refractivity contribution in [3.63, 3.8) is 0 Å². The van der Waals surface area contributed by atoms with Gasteiger partial charge in [-0.1, -0.05) is 12.2 Å². The van der Waals surface area contributed by atoms with Gasteiger partial charge in [0.05, 0.1) is 4.11 Å². The third-order valence-corrected chi connectivity index (χ3v) is 7.33. The normalized spacial score (nSPS) is 34.9. The zero-order valence-corrected chi connectivity index (χ0v) is 18.3. The van der Waals surface area contributed by atoms with Crippen LogP contribution in [0.1, 0.15) is 15.9 Å². The van der Waals surface area contributed by atoms with Crippen LogP contribution in [0.15, 0.2) is 11.0 Å². The maximum atomic E-state index is 15.5. The number of nitrogens with one attached hydrogen (secondary N) is 1. The van der Waals surface area contributed by atoms with Crippen LogP contribution in [0.3, 0.4) is 0 Å².